The van der Waals surface area contributed by atoms with Crippen LogP contribution in [0.15, 0.2) is 0 Å². The first-order chi connectivity index (χ1) is 8.59. The van der Waals surface area contributed by atoms with Crippen LogP contribution in [0.1, 0.15) is 38.5 Å². The van der Waals surface area contributed by atoms with Crippen LogP contribution in [0.5, 0.6) is 0 Å². The van der Waals surface area contributed by atoms with Crippen molar-refractivity contribution >= 4 is 5.91 Å². The summed E-state index contributed by atoms with van der Waals surface area (Å²) in [6, 6.07) is 0.285. The van der Waals surface area contributed by atoms with Crippen molar-refractivity contribution in [2.24, 2.45) is 5.92 Å². The lowest BCUT2D eigenvalue weighted by atomic mass is 9.80. The molecule has 4 nitrogen and oxygen atoms in total. The van der Waals surface area contributed by atoms with E-state index >= 15 is 0 Å². The number of carbonyl (C=O) groups excluding carboxylic acids is 1. The molecule has 2 aliphatic rings. The number of hydrogen-bond donors (Lipinski definition) is 1. The molecule has 0 unspecified atom stereocenters. The van der Waals surface area contributed by atoms with Crippen LogP contribution in [0.25, 0.3) is 0 Å². The van der Waals surface area contributed by atoms with Gasteiger partial charge in [0, 0.05) is 18.5 Å². The van der Waals surface area contributed by atoms with Crippen molar-refractivity contribution in [3.8, 4) is 0 Å². The number of rotatable bonds is 3. The van der Waals surface area contributed by atoms with E-state index < -0.39 is 0 Å². The third kappa shape index (κ3) is 3.04. The molecule has 1 aliphatic carbocycles. The SMILES string of the molecule is CN(C)CC(=O)N1CCC[C@@H]1[C@@H]1CCCC[C@H]1O. The molecule has 2 rings (SSSR count). The maximum atomic E-state index is 12.2. The number of carbonyl (C=O) groups is 1. The fourth-order valence-corrected chi connectivity index (χ4v) is 3.50. The average Bonchev–Trinajstić information content (AvgIpc) is 2.77. The van der Waals surface area contributed by atoms with Crippen molar-refractivity contribution in [2.75, 3.05) is 27.2 Å². The molecule has 0 bridgehead atoms. The summed E-state index contributed by atoms with van der Waals surface area (Å²) in [5.41, 5.74) is 0. The Balaban J connectivity index is 2.00. The molecule has 1 amide bonds. The predicted octanol–water partition coefficient (Wildman–Crippen LogP) is 1.09. The van der Waals surface area contributed by atoms with Gasteiger partial charge in [-0.05, 0) is 39.8 Å². The number of likely N-dealkylation sites (tertiary alicyclic amines) is 1. The lowest BCUT2D eigenvalue weighted by Crippen LogP contribution is -2.47. The summed E-state index contributed by atoms with van der Waals surface area (Å²) in [7, 11) is 3.86. The van der Waals surface area contributed by atoms with Gasteiger partial charge < -0.3 is 14.9 Å². The van der Waals surface area contributed by atoms with Crippen molar-refractivity contribution in [3.63, 3.8) is 0 Å². The molecule has 1 saturated heterocycles. The van der Waals surface area contributed by atoms with Gasteiger partial charge in [-0.25, -0.2) is 0 Å². The van der Waals surface area contributed by atoms with Gasteiger partial charge in [0.15, 0.2) is 0 Å². The van der Waals surface area contributed by atoms with Gasteiger partial charge in [0.05, 0.1) is 12.6 Å². The summed E-state index contributed by atoms with van der Waals surface area (Å²) >= 11 is 0. The van der Waals surface area contributed by atoms with E-state index in [0.29, 0.717) is 12.5 Å². The Hall–Kier alpha value is -0.610. The van der Waals surface area contributed by atoms with Crippen LogP contribution in [-0.2, 0) is 4.79 Å². The third-order valence-corrected chi connectivity index (χ3v) is 4.35. The second kappa shape index (κ2) is 6.02. The zero-order valence-corrected chi connectivity index (χ0v) is 11.6. The van der Waals surface area contributed by atoms with E-state index in [2.05, 4.69) is 0 Å². The Labute approximate surface area is 110 Å². The molecule has 18 heavy (non-hydrogen) atoms. The normalized spacial score (nSPS) is 33.1. The Bertz CT molecular complexity index is 294. The zero-order chi connectivity index (χ0) is 13.1. The average molecular weight is 254 g/mol. The van der Waals surface area contributed by atoms with Crippen molar-refractivity contribution in [2.45, 2.75) is 50.7 Å². The van der Waals surface area contributed by atoms with Crippen LogP contribution in [0.3, 0.4) is 0 Å². The summed E-state index contributed by atoms with van der Waals surface area (Å²) in [6.45, 7) is 1.36. The molecule has 3 atom stereocenters. The van der Waals surface area contributed by atoms with Gasteiger partial charge in [0.25, 0.3) is 0 Å². The summed E-state index contributed by atoms with van der Waals surface area (Å²) in [5, 5.41) is 10.2. The summed E-state index contributed by atoms with van der Waals surface area (Å²) in [4.78, 5) is 16.2. The number of likely N-dealkylation sites (N-methyl/N-ethyl adjacent to an activating group) is 1. The quantitative estimate of drug-likeness (QED) is 0.820. The molecular formula is C14H26N2O2. The highest BCUT2D eigenvalue weighted by atomic mass is 16.3. The predicted molar refractivity (Wildman–Crippen MR) is 71.3 cm³/mol. The number of aliphatic hydroxyl groups excluding tert-OH is 1. The van der Waals surface area contributed by atoms with Gasteiger partial charge in [-0.3, -0.25) is 4.79 Å². The van der Waals surface area contributed by atoms with Gasteiger partial charge in [0.1, 0.15) is 0 Å². The molecule has 1 heterocycles. The molecule has 1 aliphatic heterocycles. The van der Waals surface area contributed by atoms with Crippen LogP contribution >= 0.6 is 0 Å². The van der Waals surface area contributed by atoms with Crippen molar-refractivity contribution < 1.29 is 9.90 Å². The first-order valence-electron chi connectivity index (χ1n) is 7.22. The highest BCUT2D eigenvalue weighted by Crippen LogP contribution is 2.34. The molecule has 1 saturated carbocycles. The molecule has 2 fully saturated rings. The minimum absolute atomic E-state index is 0.198. The van der Waals surface area contributed by atoms with Crippen molar-refractivity contribution in [3.05, 3.63) is 0 Å². The zero-order valence-electron chi connectivity index (χ0n) is 11.6. The smallest absolute Gasteiger partial charge is 0.236 e. The summed E-state index contributed by atoms with van der Waals surface area (Å²) < 4.78 is 0. The van der Waals surface area contributed by atoms with E-state index in [-0.39, 0.29) is 18.1 Å². The van der Waals surface area contributed by atoms with Gasteiger partial charge in [-0.1, -0.05) is 12.8 Å². The van der Waals surface area contributed by atoms with E-state index in [1.165, 1.54) is 6.42 Å². The molecular weight excluding hydrogens is 228 g/mol. The first-order valence-corrected chi connectivity index (χ1v) is 7.22. The highest BCUT2D eigenvalue weighted by Gasteiger charge is 2.38. The molecule has 0 aromatic heterocycles. The van der Waals surface area contributed by atoms with E-state index in [4.69, 9.17) is 0 Å². The van der Waals surface area contributed by atoms with E-state index in [0.717, 1.165) is 38.6 Å². The number of aliphatic hydroxyl groups is 1. The maximum Gasteiger partial charge on any atom is 0.236 e. The third-order valence-electron chi connectivity index (χ3n) is 4.35. The standard InChI is InChI=1S/C14H26N2O2/c1-15(2)10-14(18)16-9-5-7-12(16)11-6-3-4-8-13(11)17/h11-13,17H,3-10H2,1-2H3/t11-,12+,13+/m0/s1. The van der Waals surface area contributed by atoms with Crippen LogP contribution in [0, 0.1) is 5.92 Å². The topological polar surface area (TPSA) is 43.8 Å². The molecule has 0 spiro atoms. The van der Waals surface area contributed by atoms with Gasteiger partial charge in [-0.15, -0.1) is 0 Å². The molecule has 0 radical (unpaired) electrons. The van der Waals surface area contributed by atoms with E-state index in [1.54, 1.807) is 0 Å². The second-order valence-corrected chi connectivity index (χ2v) is 6.05. The van der Waals surface area contributed by atoms with Crippen LogP contribution in [0.2, 0.25) is 0 Å². The number of hydrogen-bond acceptors (Lipinski definition) is 3. The Morgan fingerprint density at radius 3 is 2.61 bits per heavy atom. The van der Waals surface area contributed by atoms with Gasteiger partial charge >= 0.3 is 0 Å². The van der Waals surface area contributed by atoms with E-state index in [9.17, 15) is 9.90 Å². The van der Waals surface area contributed by atoms with Crippen molar-refractivity contribution in [1.82, 2.24) is 9.80 Å². The fraction of sp³-hybridized carbons (Fsp3) is 0.929. The van der Waals surface area contributed by atoms with Crippen LogP contribution in [-0.4, -0.2) is 60.1 Å². The highest BCUT2D eigenvalue weighted by molar-refractivity contribution is 5.78. The summed E-state index contributed by atoms with van der Waals surface area (Å²) in [6.07, 6.45) is 6.29. The van der Waals surface area contributed by atoms with Gasteiger partial charge in [0.2, 0.25) is 5.91 Å². The minimum atomic E-state index is -0.198. The Morgan fingerprint density at radius 2 is 1.94 bits per heavy atom. The number of amides is 1. The summed E-state index contributed by atoms with van der Waals surface area (Å²) in [5.74, 6) is 0.535. The largest absolute Gasteiger partial charge is 0.393 e. The lowest BCUT2D eigenvalue weighted by Gasteiger charge is -2.37. The Kier molecular flexibility index (Phi) is 4.62. The van der Waals surface area contributed by atoms with Crippen LogP contribution < -0.4 is 0 Å². The monoisotopic (exact) mass is 254 g/mol. The molecule has 104 valence electrons. The lowest BCUT2D eigenvalue weighted by molar-refractivity contribution is -0.134. The molecule has 4 heteroatoms. The first kappa shape index (κ1) is 13.8. The molecule has 0 aromatic rings. The molecule has 0 aromatic carbocycles. The number of nitrogens with zero attached hydrogens (tertiary/aromatic N) is 2. The minimum Gasteiger partial charge on any atom is -0.393 e. The fourth-order valence-electron chi connectivity index (χ4n) is 3.50. The van der Waals surface area contributed by atoms with Crippen molar-refractivity contribution in [1.29, 1.82) is 0 Å². The second-order valence-electron chi connectivity index (χ2n) is 6.05. The molecule has 1 N–H and O–H groups in total. The van der Waals surface area contributed by atoms with E-state index in [1.807, 2.05) is 23.9 Å². The van der Waals surface area contributed by atoms with Crippen LogP contribution in [0.4, 0.5) is 0 Å². The Morgan fingerprint density at radius 1 is 1.22 bits per heavy atom. The maximum absolute atomic E-state index is 12.2. The van der Waals surface area contributed by atoms with Gasteiger partial charge in [-0.2, -0.15) is 0 Å².